The molecule has 2 aromatic rings. The number of rotatable bonds is 5. The van der Waals surface area contributed by atoms with E-state index in [1.165, 1.54) is 0 Å². The molecule has 140 valence electrons. The molecule has 0 bridgehead atoms. The van der Waals surface area contributed by atoms with E-state index < -0.39 is 10.0 Å². The van der Waals surface area contributed by atoms with E-state index in [1.807, 2.05) is 43.3 Å². The molecule has 0 radical (unpaired) electrons. The third kappa shape index (κ3) is 3.70. The molecule has 0 saturated carbocycles. The summed E-state index contributed by atoms with van der Waals surface area (Å²) in [6.45, 7) is 2.20. The van der Waals surface area contributed by atoms with Crippen molar-refractivity contribution in [3.63, 3.8) is 0 Å². The Bertz CT molecular complexity index is 902. The summed E-state index contributed by atoms with van der Waals surface area (Å²) in [5.74, 6) is 0.647. The van der Waals surface area contributed by atoms with E-state index in [0.29, 0.717) is 17.5 Å². The van der Waals surface area contributed by atoms with Crippen LogP contribution in [-0.4, -0.2) is 49.1 Å². The van der Waals surface area contributed by atoms with Crippen molar-refractivity contribution in [1.29, 1.82) is 0 Å². The van der Waals surface area contributed by atoms with E-state index in [-0.39, 0.29) is 11.8 Å². The van der Waals surface area contributed by atoms with Crippen molar-refractivity contribution in [2.75, 3.05) is 31.3 Å². The first-order valence-electron chi connectivity index (χ1n) is 8.63. The van der Waals surface area contributed by atoms with Gasteiger partial charge in [-0.05, 0) is 37.5 Å². The van der Waals surface area contributed by atoms with Gasteiger partial charge >= 0.3 is 0 Å². The summed E-state index contributed by atoms with van der Waals surface area (Å²) in [5.41, 5.74) is 2.44. The zero-order valence-corrected chi connectivity index (χ0v) is 16.8. The fourth-order valence-electron chi connectivity index (χ4n) is 3.25. The van der Waals surface area contributed by atoms with Gasteiger partial charge in [0, 0.05) is 37.4 Å². The summed E-state index contributed by atoms with van der Waals surface area (Å²) in [5, 5.41) is 0.620. The number of anilines is 1. The number of nitrogens with zero attached hydrogens (tertiary/aromatic N) is 4. The van der Waals surface area contributed by atoms with E-state index in [2.05, 4.69) is 4.98 Å². The molecule has 0 unspecified atom stereocenters. The molecule has 1 fully saturated rings. The number of sulfonamides is 1. The van der Waals surface area contributed by atoms with Gasteiger partial charge in [-0.1, -0.05) is 23.7 Å². The highest BCUT2D eigenvalue weighted by Gasteiger charge is 2.36. The summed E-state index contributed by atoms with van der Waals surface area (Å²) < 4.78 is 26.7. The summed E-state index contributed by atoms with van der Waals surface area (Å²) in [7, 11) is 0.435. The van der Waals surface area contributed by atoms with Gasteiger partial charge in [0.2, 0.25) is 16.0 Å². The van der Waals surface area contributed by atoms with Gasteiger partial charge in [0.05, 0.1) is 17.5 Å². The predicted molar refractivity (Wildman–Crippen MR) is 105 cm³/mol. The van der Waals surface area contributed by atoms with Gasteiger partial charge in [-0.3, -0.25) is 0 Å². The van der Waals surface area contributed by atoms with Gasteiger partial charge in [-0.25, -0.2) is 18.4 Å². The Balaban J connectivity index is 2.16. The zero-order valence-electron chi connectivity index (χ0n) is 15.2. The van der Waals surface area contributed by atoms with Crippen molar-refractivity contribution in [3.05, 3.63) is 41.2 Å². The number of benzene rings is 1. The first-order valence-corrected chi connectivity index (χ1v) is 10.6. The van der Waals surface area contributed by atoms with Crippen molar-refractivity contribution >= 4 is 27.6 Å². The van der Waals surface area contributed by atoms with E-state index >= 15 is 0 Å². The third-order valence-corrected chi connectivity index (χ3v) is 6.70. The van der Waals surface area contributed by atoms with Crippen LogP contribution in [0.15, 0.2) is 30.5 Å². The van der Waals surface area contributed by atoms with E-state index in [0.717, 1.165) is 29.7 Å². The average molecular weight is 395 g/mol. The molecule has 2 heterocycles. The molecule has 1 aliphatic rings. The lowest BCUT2D eigenvalue weighted by atomic mass is 10.0. The van der Waals surface area contributed by atoms with Crippen LogP contribution in [0.4, 0.5) is 5.95 Å². The second-order valence-electron chi connectivity index (χ2n) is 6.54. The number of hydrogen-bond donors (Lipinski definition) is 0. The number of aromatic nitrogens is 2. The van der Waals surface area contributed by atoms with Crippen molar-refractivity contribution in [2.24, 2.45) is 0 Å². The first kappa shape index (κ1) is 19.1. The van der Waals surface area contributed by atoms with Crippen molar-refractivity contribution < 1.29 is 8.42 Å². The lowest BCUT2D eigenvalue weighted by molar-refractivity contribution is 0.391. The fourth-order valence-corrected chi connectivity index (χ4v) is 4.77. The summed E-state index contributed by atoms with van der Waals surface area (Å²) >= 11 is 6.16. The highest BCUT2D eigenvalue weighted by Crippen LogP contribution is 2.39. The second kappa shape index (κ2) is 7.50. The third-order valence-electron chi connectivity index (χ3n) is 4.58. The molecule has 1 aromatic heterocycles. The van der Waals surface area contributed by atoms with Gasteiger partial charge in [-0.15, -0.1) is 0 Å². The Morgan fingerprint density at radius 2 is 2.12 bits per heavy atom. The van der Waals surface area contributed by atoms with Crippen molar-refractivity contribution in [2.45, 2.75) is 25.8 Å². The maximum Gasteiger partial charge on any atom is 0.225 e. The molecule has 1 aromatic carbocycles. The largest absolute Gasteiger partial charge is 0.347 e. The Hall–Kier alpha value is -1.70. The van der Waals surface area contributed by atoms with Crippen LogP contribution in [0, 0.1) is 0 Å². The van der Waals surface area contributed by atoms with Gasteiger partial charge < -0.3 is 4.90 Å². The highest BCUT2D eigenvalue weighted by atomic mass is 35.5. The van der Waals surface area contributed by atoms with Crippen LogP contribution in [0.25, 0.3) is 11.1 Å². The normalized spacial score (nSPS) is 18.2. The molecule has 6 nitrogen and oxygen atoms in total. The topological polar surface area (TPSA) is 66.4 Å². The van der Waals surface area contributed by atoms with Crippen molar-refractivity contribution in [3.8, 4) is 11.1 Å². The maximum atomic E-state index is 12.6. The van der Waals surface area contributed by atoms with E-state index in [4.69, 9.17) is 16.6 Å². The van der Waals surface area contributed by atoms with Crippen LogP contribution in [-0.2, 0) is 10.0 Å². The van der Waals surface area contributed by atoms with Crippen LogP contribution in [0.3, 0.4) is 0 Å². The molecule has 0 aliphatic carbocycles. The average Bonchev–Trinajstić information content (AvgIpc) is 3.11. The smallest absolute Gasteiger partial charge is 0.225 e. The molecule has 1 aliphatic heterocycles. The van der Waals surface area contributed by atoms with E-state index in [1.54, 1.807) is 17.4 Å². The molecular weight excluding hydrogens is 372 g/mol. The Labute approximate surface area is 159 Å². The molecular formula is C18H23ClN4O2S. The molecule has 0 amide bonds. The Kier molecular flexibility index (Phi) is 5.50. The molecule has 3 rings (SSSR count). The monoisotopic (exact) mass is 394 g/mol. The number of halogens is 1. The molecule has 0 spiro atoms. The molecule has 1 saturated heterocycles. The summed E-state index contributed by atoms with van der Waals surface area (Å²) in [4.78, 5) is 11.0. The van der Waals surface area contributed by atoms with Gasteiger partial charge in [0.15, 0.2) is 0 Å². The minimum absolute atomic E-state index is 0.0849. The molecule has 8 heteroatoms. The molecule has 0 N–H and O–H groups in total. The van der Waals surface area contributed by atoms with Crippen LogP contribution >= 0.6 is 11.6 Å². The lowest BCUT2D eigenvalue weighted by Crippen LogP contribution is -2.32. The lowest BCUT2D eigenvalue weighted by Gasteiger charge is -2.25. The fraction of sp³-hybridized carbons (Fsp3) is 0.444. The predicted octanol–water partition coefficient (Wildman–Crippen LogP) is 3.35. The Morgan fingerprint density at radius 1 is 1.35 bits per heavy atom. The van der Waals surface area contributed by atoms with Gasteiger partial charge in [0.1, 0.15) is 0 Å². The molecule has 26 heavy (non-hydrogen) atoms. The van der Waals surface area contributed by atoms with Crippen molar-refractivity contribution in [1.82, 2.24) is 14.3 Å². The first-order chi connectivity index (χ1) is 12.3. The van der Waals surface area contributed by atoms with Crippen LogP contribution in [0.5, 0.6) is 0 Å². The highest BCUT2D eigenvalue weighted by molar-refractivity contribution is 7.89. The van der Waals surface area contributed by atoms with Crippen LogP contribution in [0.1, 0.15) is 31.5 Å². The van der Waals surface area contributed by atoms with Gasteiger partial charge in [0.25, 0.3) is 0 Å². The minimum atomic E-state index is -3.30. The minimum Gasteiger partial charge on any atom is -0.347 e. The van der Waals surface area contributed by atoms with E-state index in [9.17, 15) is 8.42 Å². The maximum absolute atomic E-state index is 12.6. The van der Waals surface area contributed by atoms with Crippen LogP contribution < -0.4 is 4.90 Å². The number of hydrogen-bond acceptors (Lipinski definition) is 5. The second-order valence-corrected chi connectivity index (χ2v) is 9.19. The SMILES string of the molecule is CCS(=O)(=O)N1CCC[C@H]1c1nc(N(C)C)ncc1-c1cccc(Cl)c1. The summed E-state index contributed by atoms with van der Waals surface area (Å²) in [6, 6.07) is 7.19. The van der Waals surface area contributed by atoms with Crippen LogP contribution in [0.2, 0.25) is 5.02 Å². The zero-order chi connectivity index (χ0) is 18.9. The quantitative estimate of drug-likeness (QED) is 0.777. The summed E-state index contributed by atoms with van der Waals surface area (Å²) in [6.07, 6.45) is 3.33. The molecule has 1 atom stereocenters. The standard InChI is InChI=1S/C18H23ClN4O2S/c1-4-26(24,25)23-10-6-9-16(23)17-15(12-20-18(21-17)22(2)3)13-7-5-8-14(19)11-13/h5,7-8,11-12,16H,4,6,9-10H2,1-3H3/t16-/m0/s1. The van der Waals surface area contributed by atoms with Gasteiger partial charge in [-0.2, -0.15) is 4.31 Å². The Morgan fingerprint density at radius 3 is 2.77 bits per heavy atom.